The van der Waals surface area contributed by atoms with Crippen molar-refractivity contribution in [1.82, 2.24) is 36.6 Å². The summed E-state index contributed by atoms with van der Waals surface area (Å²) in [7, 11) is 0. The van der Waals surface area contributed by atoms with Gasteiger partial charge in [0.05, 0.1) is 4.88 Å². The fourth-order valence-corrected chi connectivity index (χ4v) is 5.69. The summed E-state index contributed by atoms with van der Waals surface area (Å²) in [6.07, 6.45) is 2.64. The van der Waals surface area contributed by atoms with E-state index in [2.05, 4.69) is 36.6 Å². The van der Waals surface area contributed by atoms with Crippen LogP contribution in [0.1, 0.15) is 59.9 Å². The SMILES string of the molecule is Cc1ccc(C(=O)NCCCNC(=O)c2cc(-c3cccc(-c4cnc(C(=O)NCCCNC(=O)c5cc(-c6ccccc6)on5)s4)c3)on2)o1. The molecule has 0 radical (unpaired) electrons. The maximum Gasteiger partial charge on any atom is 0.286 e. The average Bonchev–Trinajstić information content (AvgIpc) is 3.99. The van der Waals surface area contributed by atoms with Crippen molar-refractivity contribution in [2.24, 2.45) is 0 Å². The van der Waals surface area contributed by atoms with Gasteiger partial charge in [0.1, 0.15) is 5.76 Å². The number of rotatable bonds is 15. The molecule has 0 saturated carbocycles. The minimum absolute atomic E-state index is 0.122. The number of amides is 4. The first-order valence-corrected chi connectivity index (χ1v) is 16.9. The monoisotopic (exact) mass is 707 g/mol. The van der Waals surface area contributed by atoms with E-state index in [4.69, 9.17) is 13.5 Å². The summed E-state index contributed by atoms with van der Waals surface area (Å²) >= 11 is 1.24. The first-order valence-electron chi connectivity index (χ1n) is 16.1. The number of hydrogen-bond acceptors (Lipinski definition) is 11. The molecule has 0 saturated heterocycles. The molecule has 0 aliphatic carbocycles. The fraction of sp³-hybridized carbons (Fsp3) is 0.194. The van der Waals surface area contributed by atoms with Crippen molar-refractivity contribution >= 4 is 35.0 Å². The summed E-state index contributed by atoms with van der Waals surface area (Å²) in [5, 5.41) is 19.2. The summed E-state index contributed by atoms with van der Waals surface area (Å²) in [5.74, 6) is 0.406. The molecule has 15 heteroatoms. The van der Waals surface area contributed by atoms with Gasteiger partial charge in [0.15, 0.2) is 33.7 Å². The van der Waals surface area contributed by atoms with Crippen molar-refractivity contribution in [3.63, 3.8) is 0 Å². The fourth-order valence-electron chi connectivity index (χ4n) is 4.86. The highest BCUT2D eigenvalue weighted by Crippen LogP contribution is 2.30. The van der Waals surface area contributed by atoms with Crippen LogP contribution in [-0.4, -0.2) is 65.1 Å². The lowest BCUT2D eigenvalue weighted by molar-refractivity contribution is 0.0918. The van der Waals surface area contributed by atoms with Crippen LogP contribution in [0.25, 0.3) is 33.1 Å². The molecular formula is C36H33N7O7S. The van der Waals surface area contributed by atoms with Crippen LogP contribution in [0.2, 0.25) is 0 Å². The largest absolute Gasteiger partial charge is 0.456 e. The second-order valence-corrected chi connectivity index (χ2v) is 12.3. The minimum Gasteiger partial charge on any atom is -0.456 e. The van der Waals surface area contributed by atoms with Crippen LogP contribution < -0.4 is 21.3 Å². The van der Waals surface area contributed by atoms with E-state index in [0.717, 1.165) is 16.0 Å². The number of nitrogens with one attached hydrogen (secondary N) is 4. The summed E-state index contributed by atoms with van der Waals surface area (Å²) in [6.45, 7) is 3.11. The molecule has 14 nitrogen and oxygen atoms in total. The molecule has 0 aliphatic heterocycles. The number of hydrogen-bond donors (Lipinski definition) is 4. The Balaban J connectivity index is 0.927. The van der Waals surface area contributed by atoms with Crippen LogP contribution in [0.5, 0.6) is 0 Å². The lowest BCUT2D eigenvalue weighted by Gasteiger charge is -2.04. The van der Waals surface area contributed by atoms with Crippen LogP contribution in [-0.2, 0) is 0 Å². The predicted octanol–water partition coefficient (Wildman–Crippen LogP) is 5.12. The molecule has 4 N–H and O–H groups in total. The molecule has 260 valence electrons. The first-order chi connectivity index (χ1) is 24.8. The van der Waals surface area contributed by atoms with Gasteiger partial charge in [0.2, 0.25) is 0 Å². The Bertz CT molecular complexity index is 2130. The van der Waals surface area contributed by atoms with Crippen LogP contribution in [0, 0.1) is 6.92 Å². The Morgan fingerprint density at radius 2 is 1.20 bits per heavy atom. The Kier molecular flexibility index (Phi) is 11.1. The molecule has 0 spiro atoms. The molecular weight excluding hydrogens is 675 g/mol. The van der Waals surface area contributed by atoms with Gasteiger partial charge >= 0.3 is 0 Å². The van der Waals surface area contributed by atoms with Crippen molar-refractivity contribution in [2.45, 2.75) is 19.8 Å². The van der Waals surface area contributed by atoms with E-state index in [1.54, 1.807) is 37.4 Å². The zero-order valence-electron chi connectivity index (χ0n) is 27.4. The number of aryl methyl sites for hydroxylation is 1. The molecule has 6 aromatic rings. The standard InChI is InChI=1S/C36H33N7O7S/c1-22-12-13-28(48-22)34(46)39-16-6-14-37-33(45)27-20-30(50-43-27)24-10-5-11-25(18-24)31-21-41-36(51-31)35(47)40-17-7-15-38-32(44)26-19-29(49-42-26)23-8-3-2-4-9-23/h2-5,8-13,18-21H,6-7,14-17H2,1H3,(H,37,45)(H,38,44)(H,39,46)(H,40,47). The zero-order valence-corrected chi connectivity index (χ0v) is 28.2. The van der Waals surface area contributed by atoms with Crippen LogP contribution in [0.3, 0.4) is 0 Å². The van der Waals surface area contributed by atoms with Gasteiger partial charge in [-0.2, -0.15) is 0 Å². The normalized spacial score (nSPS) is 10.8. The lowest BCUT2D eigenvalue weighted by Crippen LogP contribution is -2.30. The summed E-state index contributed by atoms with van der Waals surface area (Å²) in [5.41, 5.74) is 2.63. The van der Waals surface area contributed by atoms with Gasteiger partial charge in [0, 0.05) is 55.6 Å². The van der Waals surface area contributed by atoms with E-state index in [-0.39, 0.29) is 34.9 Å². The maximum absolute atomic E-state index is 12.7. The molecule has 0 fully saturated rings. The second-order valence-electron chi connectivity index (χ2n) is 11.3. The van der Waals surface area contributed by atoms with E-state index in [1.807, 2.05) is 54.6 Å². The third-order valence-corrected chi connectivity index (χ3v) is 8.53. The van der Waals surface area contributed by atoms with Crippen molar-refractivity contribution < 1.29 is 32.6 Å². The Morgan fingerprint density at radius 1 is 0.627 bits per heavy atom. The average molecular weight is 708 g/mol. The van der Waals surface area contributed by atoms with Crippen LogP contribution in [0.15, 0.2) is 98.5 Å². The smallest absolute Gasteiger partial charge is 0.286 e. The van der Waals surface area contributed by atoms with Gasteiger partial charge in [-0.1, -0.05) is 58.8 Å². The molecule has 0 atom stereocenters. The molecule has 4 amide bonds. The number of nitrogens with zero attached hydrogens (tertiary/aromatic N) is 3. The zero-order chi connectivity index (χ0) is 35.6. The molecule has 2 aromatic carbocycles. The molecule has 0 unspecified atom stereocenters. The number of aromatic nitrogens is 3. The molecule has 6 rings (SSSR count). The minimum atomic E-state index is -0.401. The molecule has 0 aliphatic rings. The van der Waals surface area contributed by atoms with Gasteiger partial charge in [-0.05, 0) is 43.5 Å². The van der Waals surface area contributed by atoms with E-state index >= 15 is 0 Å². The maximum atomic E-state index is 12.7. The van der Waals surface area contributed by atoms with Crippen LogP contribution >= 0.6 is 11.3 Å². The number of carbonyl (C=O) groups is 4. The third-order valence-electron chi connectivity index (χ3n) is 7.49. The third kappa shape index (κ3) is 9.01. The number of benzene rings is 2. The molecule has 51 heavy (non-hydrogen) atoms. The van der Waals surface area contributed by atoms with Crippen molar-refractivity contribution in [3.8, 4) is 33.1 Å². The quantitative estimate of drug-likeness (QED) is 0.104. The summed E-state index contributed by atoms with van der Waals surface area (Å²) in [6, 6.07) is 23.2. The Labute approximate surface area is 295 Å². The van der Waals surface area contributed by atoms with Gasteiger partial charge in [-0.15, -0.1) is 11.3 Å². The molecule has 4 aromatic heterocycles. The number of thiazole rings is 1. The Hall–Kier alpha value is -6.35. The van der Waals surface area contributed by atoms with Gasteiger partial charge < -0.3 is 34.7 Å². The van der Waals surface area contributed by atoms with Crippen LogP contribution in [0.4, 0.5) is 0 Å². The van der Waals surface area contributed by atoms with E-state index < -0.39 is 5.91 Å². The van der Waals surface area contributed by atoms with E-state index in [0.29, 0.717) is 66.9 Å². The topological polar surface area (TPSA) is 194 Å². The van der Waals surface area contributed by atoms with E-state index in [1.165, 1.54) is 11.3 Å². The van der Waals surface area contributed by atoms with Gasteiger partial charge in [-0.25, -0.2) is 4.98 Å². The van der Waals surface area contributed by atoms with E-state index in [9.17, 15) is 19.2 Å². The Morgan fingerprint density at radius 3 is 1.82 bits per heavy atom. The second kappa shape index (κ2) is 16.4. The number of carbonyl (C=O) groups excluding carboxylic acids is 4. The highest BCUT2D eigenvalue weighted by atomic mass is 32.1. The van der Waals surface area contributed by atoms with Gasteiger partial charge in [-0.3, -0.25) is 19.2 Å². The van der Waals surface area contributed by atoms with Gasteiger partial charge in [0.25, 0.3) is 23.6 Å². The summed E-state index contributed by atoms with van der Waals surface area (Å²) in [4.78, 5) is 54.9. The molecule has 0 bridgehead atoms. The highest BCUT2D eigenvalue weighted by Gasteiger charge is 2.17. The van der Waals surface area contributed by atoms with Crippen molar-refractivity contribution in [3.05, 3.63) is 113 Å². The number of furan rings is 1. The summed E-state index contributed by atoms with van der Waals surface area (Å²) < 4.78 is 16.0. The van der Waals surface area contributed by atoms with Crippen molar-refractivity contribution in [2.75, 3.05) is 26.2 Å². The highest BCUT2D eigenvalue weighted by molar-refractivity contribution is 7.17. The first kappa shape index (κ1) is 34.5. The van der Waals surface area contributed by atoms with Crippen molar-refractivity contribution in [1.29, 1.82) is 0 Å². The molecule has 4 heterocycles. The lowest BCUT2D eigenvalue weighted by atomic mass is 10.1. The predicted molar refractivity (Wildman–Crippen MR) is 187 cm³/mol.